The molecule has 0 aromatic carbocycles. The summed E-state index contributed by atoms with van der Waals surface area (Å²) in [6.45, 7) is 5.08. The van der Waals surface area contributed by atoms with E-state index in [1.807, 2.05) is 26.0 Å². The van der Waals surface area contributed by atoms with Crippen molar-refractivity contribution in [3.05, 3.63) is 23.5 Å². The molecule has 2 aliphatic rings. The number of rotatable bonds is 10. The van der Waals surface area contributed by atoms with Crippen LogP contribution in [-0.4, -0.2) is 106 Å². The van der Waals surface area contributed by atoms with Crippen molar-refractivity contribution >= 4 is 29.1 Å². The Labute approximate surface area is 221 Å². The molecule has 1 saturated heterocycles. The molecule has 3 amide bonds. The highest BCUT2D eigenvalue weighted by Crippen LogP contribution is 2.37. The van der Waals surface area contributed by atoms with Gasteiger partial charge in [0.25, 0.3) is 5.91 Å². The second-order valence-electron chi connectivity index (χ2n) is 9.75. The Kier molecular flexibility index (Phi) is 8.67. The Balaban J connectivity index is 1.58. The summed E-state index contributed by atoms with van der Waals surface area (Å²) in [4.78, 5) is 44.7. The number of carboxylic acid groups (broad SMARTS) is 1. The van der Waals surface area contributed by atoms with E-state index < -0.39 is 24.4 Å². The number of ether oxygens (including phenoxy) is 3. The second-order valence-corrected chi connectivity index (χ2v) is 9.75. The number of nitrogens with one attached hydrogen (secondary N) is 1. The standard InChI is InChI=1S/C25H36N6O7/c1-15-6-9-19-21(28-30(22(19)27-15)11-5-10-26-24(33)37-4)16(2)31(17-7-8-17)23(32)20-13-29(25(34)35)12-18(38-20)14-36-3/h6,9,16-18,20H,5,7-8,10-14H2,1-4H3,(H,26,33)(H,34,35)/t16?,18-,20+/m0/s1. The van der Waals surface area contributed by atoms with Crippen LogP contribution in [-0.2, 0) is 25.5 Å². The molecule has 38 heavy (non-hydrogen) atoms. The van der Waals surface area contributed by atoms with Crippen molar-refractivity contribution in [2.45, 2.75) is 63.9 Å². The molecular formula is C25H36N6O7. The van der Waals surface area contributed by atoms with Crippen LogP contribution in [0.2, 0.25) is 0 Å². The summed E-state index contributed by atoms with van der Waals surface area (Å²) in [6, 6.07) is 3.52. The first kappa shape index (κ1) is 27.6. The Morgan fingerprint density at radius 1 is 1.26 bits per heavy atom. The first-order valence-electron chi connectivity index (χ1n) is 12.8. The van der Waals surface area contributed by atoms with Gasteiger partial charge in [0.15, 0.2) is 11.8 Å². The van der Waals surface area contributed by atoms with E-state index in [2.05, 4.69) is 10.1 Å². The zero-order chi connectivity index (χ0) is 27.4. The number of aryl methyl sites for hydroxylation is 2. The number of amides is 3. The summed E-state index contributed by atoms with van der Waals surface area (Å²) in [5.41, 5.74) is 2.27. The minimum absolute atomic E-state index is 0.0324. The zero-order valence-corrected chi connectivity index (χ0v) is 22.3. The Morgan fingerprint density at radius 3 is 2.68 bits per heavy atom. The SMILES string of the molecule is COC[C@@H]1CN(C(=O)O)C[C@H](C(=O)N(C2CC2)C(C)c2nn(CCCNC(=O)OC)c3nc(C)ccc23)O1. The van der Waals surface area contributed by atoms with E-state index in [1.165, 1.54) is 19.1 Å². The van der Waals surface area contributed by atoms with E-state index in [0.717, 1.165) is 23.9 Å². The number of aromatic nitrogens is 3. The molecule has 1 aliphatic carbocycles. The van der Waals surface area contributed by atoms with Gasteiger partial charge in [0.2, 0.25) is 0 Å². The molecule has 3 atom stereocenters. The predicted octanol–water partition coefficient (Wildman–Crippen LogP) is 1.93. The third-order valence-electron chi connectivity index (χ3n) is 6.84. The monoisotopic (exact) mass is 532 g/mol. The summed E-state index contributed by atoms with van der Waals surface area (Å²) in [6.07, 6.45) is -0.697. The van der Waals surface area contributed by atoms with Gasteiger partial charge in [-0.2, -0.15) is 5.10 Å². The lowest BCUT2D eigenvalue weighted by Crippen LogP contribution is -2.57. The maximum absolute atomic E-state index is 13.9. The molecule has 0 spiro atoms. The molecule has 208 valence electrons. The van der Waals surface area contributed by atoms with Crippen molar-refractivity contribution in [1.29, 1.82) is 0 Å². The topological polar surface area (TPSA) is 148 Å². The third-order valence-corrected chi connectivity index (χ3v) is 6.84. The molecule has 2 N–H and O–H groups in total. The van der Waals surface area contributed by atoms with Crippen LogP contribution in [0, 0.1) is 6.92 Å². The fourth-order valence-corrected chi connectivity index (χ4v) is 4.87. The highest BCUT2D eigenvalue weighted by atomic mass is 16.5. The Hall–Kier alpha value is -3.45. The van der Waals surface area contributed by atoms with Gasteiger partial charge in [-0.25, -0.2) is 19.3 Å². The van der Waals surface area contributed by atoms with Crippen molar-refractivity contribution in [3.8, 4) is 0 Å². The minimum Gasteiger partial charge on any atom is -0.465 e. The van der Waals surface area contributed by atoms with E-state index in [4.69, 9.17) is 19.6 Å². The minimum atomic E-state index is -1.09. The summed E-state index contributed by atoms with van der Waals surface area (Å²) in [5.74, 6) is -0.253. The second kappa shape index (κ2) is 11.9. The molecule has 2 aromatic heterocycles. The summed E-state index contributed by atoms with van der Waals surface area (Å²) in [5, 5.41) is 18.0. The number of carbonyl (C=O) groups is 3. The fraction of sp³-hybridized carbons (Fsp3) is 0.640. The number of nitrogens with zero attached hydrogens (tertiary/aromatic N) is 5. The van der Waals surface area contributed by atoms with Crippen molar-refractivity contribution < 1.29 is 33.7 Å². The smallest absolute Gasteiger partial charge is 0.407 e. The zero-order valence-electron chi connectivity index (χ0n) is 22.3. The molecule has 4 rings (SSSR count). The molecule has 13 nitrogen and oxygen atoms in total. The van der Waals surface area contributed by atoms with Crippen molar-refractivity contribution in [1.82, 2.24) is 29.9 Å². The third kappa shape index (κ3) is 6.16. The largest absolute Gasteiger partial charge is 0.465 e. The molecule has 2 fully saturated rings. The molecule has 2 aromatic rings. The van der Waals surface area contributed by atoms with E-state index in [-0.39, 0.29) is 37.7 Å². The van der Waals surface area contributed by atoms with Crippen LogP contribution in [0.3, 0.4) is 0 Å². The number of alkyl carbamates (subject to hydrolysis) is 1. The van der Waals surface area contributed by atoms with Gasteiger partial charge in [0, 0.05) is 37.3 Å². The van der Waals surface area contributed by atoms with E-state index in [9.17, 15) is 19.5 Å². The lowest BCUT2D eigenvalue weighted by atomic mass is 10.1. The van der Waals surface area contributed by atoms with Gasteiger partial charge in [-0.3, -0.25) is 4.79 Å². The first-order chi connectivity index (χ1) is 18.2. The van der Waals surface area contributed by atoms with Crippen LogP contribution >= 0.6 is 0 Å². The lowest BCUT2D eigenvalue weighted by molar-refractivity contribution is -0.162. The number of hydrogen-bond acceptors (Lipinski definition) is 8. The van der Waals surface area contributed by atoms with E-state index in [0.29, 0.717) is 30.9 Å². The van der Waals surface area contributed by atoms with Crippen molar-refractivity contribution in [3.63, 3.8) is 0 Å². The number of methoxy groups -OCH3 is 2. The Bertz CT molecular complexity index is 1170. The van der Waals surface area contributed by atoms with Crippen LogP contribution < -0.4 is 5.32 Å². The quantitative estimate of drug-likeness (QED) is 0.438. The predicted molar refractivity (Wildman–Crippen MR) is 136 cm³/mol. The number of morpholine rings is 1. The molecule has 1 saturated carbocycles. The van der Waals surface area contributed by atoms with Crippen molar-refractivity contribution in [2.75, 3.05) is 40.5 Å². The van der Waals surface area contributed by atoms with Crippen LogP contribution in [0.5, 0.6) is 0 Å². The molecular weight excluding hydrogens is 496 g/mol. The van der Waals surface area contributed by atoms with Crippen molar-refractivity contribution in [2.24, 2.45) is 0 Å². The number of fused-ring (bicyclic) bond motifs is 1. The van der Waals surface area contributed by atoms with Gasteiger partial charge in [-0.05, 0) is 45.2 Å². The van der Waals surface area contributed by atoms with E-state index in [1.54, 1.807) is 9.58 Å². The molecule has 0 bridgehead atoms. The van der Waals surface area contributed by atoms with Gasteiger partial charge in [0.05, 0.1) is 44.6 Å². The Morgan fingerprint density at radius 2 is 2.03 bits per heavy atom. The highest BCUT2D eigenvalue weighted by molar-refractivity contribution is 5.85. The average Bonchev–Trinajstić information content (AvgIpc) is 3.67. The van der Waals surface area contributed by atoms with Gasteiger partial charge < -0.3 is 34.4 Å². The van der Waals surface area contributed by atoms with Gasteiger partial charge >= 0.3 is 12.2 Å². The van der Waals surface area contributed by atoms with Crippen LogP contribution in [0.25, 0.3) is 11.0 Å². The molecule has 3 heterocycles. The molecule has 1 aliphatic heterocycles. The van der Waals surface area contributed by atoms with Crippen LogP contribution in [0.15, 0.2) is 12.1 Å². The first-order valence-corrected chi connectivity index (χ1v) is 12.8. The molecule has 0 radical (unpaired) electrons. The van der Waals surface area contributed by atoms with Crippen LogP contribution in [0.1, 0.15) is 43.6 Å². The summed E-state index contributed by atoms with van der Waals surface area (Å²) < 4.78 is 17.6. The van der Waals surface area contributed by atoms with Gasteiger partial charge in [-0.1, -0.05) is 0 Å². The maximum atomic E-state index is 13.9. The number of hydrogen-bond donors (Lipinski definition) is 2. The highest BCUT2D eigenvalue weighted by Gasteiger charge is 2.44. The van der Waals surface area contributed by atoms with E-state index >= 15 is 0 Å². The summed E-state index contributed by atoms with van der Waals surface area (Å²) in [7, 11) is 2.83. The normalized spacial score (nSPS) is 20.3. The lowest BCUT2D eigenvalue weighted by Gasteiger charge is -2.39. The fourth-order valence-electron chi connectivity index (χ4n) is 4.87. The summed E-state index contributed by atoms with van der Waals surface area (Å²) >= 11 is 0. The number of pyridine rings is 1. The van der Waals surface area contributed by atoms with Gasteiger partial charge in [0.1, 0.15) is 0 Å². The maximum Gasteiger partial charge on any atom is 0.407 e. The number of carbonyl (C=O) groups excluding carboxylic acids is 2. The van der Waals surface area contributed by atoms with Crippen LogP contribution in [0.4, 0.5) is 9.59 Å². The average molecular weight is 533 g/mol. The molecule has 13 heteroatoms. The molecule has 1 unspecified atom stereocenters. The van der Waals surface area contributed by atoms with Gasteiger partial charge in [-0.15, -0.1) is 0 Å².